The number of H-pyrrole nitrogens is 1. The Balaban J connectivity index is 1.71. The van der Waals surface area contributed by atoms with Crippen molar-refractivity contribution in [1.29, 1.82) is 0 Å². The number of amides is 1. The van der Waals surface area contributed by atoms with Crippen LogP contribution in [-0.4, -0.2) is 21.0 Å². The normalized spacial score (nSPS) is 18.5. The highest BCUT2D eigenvalue weighted by Crippen LogP contribution is 2.41. The number of benzene rings is 1. The van der Waals surface area contributed by atoms with Gasteiger partial charge in [0.1, 0.15) is 6.04 Å². The first-order chi connectivity index (χ1) is 14.5. The molecular formula is C23H25N5OS. The van der Waals surface area contributed by atoms with E-state index in [4.69, 9.17) is 12.2 Å². The summed E-state index contributed by atoms with van der Waals surface area (Å²) in [7, 11) is 0. The Morgan fingerprint density at radius 3 is 2.67 bits per heavy atom. The second kappa shape index (κ2) is 8.28. The first-order valence-corrected chi connectivity index (χ1v) is 10.4. The van der Waals surface area contributed by atoms with E-state index < -0.39 is 0 Å². The summed E-state index contributed by atoms with van der Waals surface area (Å²) in [5, 5.41) is 7.08. The van der Waals surface area contributed by atoms with Gasteiger partial charge in [-0.25, -0.2) is 0 Å². The van der Waals surface area contributed by atoms with Crippen LogP contribution in [0, 0.1) is 12.8 Å². The van der Waals surface area contributed by atoms with Crippen LogP contribution in [0.1, 0.15) is 42.9 Å². The van der Waals surface area contributed by atoms with E-state index in [-0.39, 0.29) is 23.9 Å². The molecule has 1 aromatic carbocycles. The molecule has 1 aliphatic heterocycles. The molecule has 1 fully saturated rings. The molecule has 3 aromatic rings. The number of rotatable bonds is 5. The largest absolute Gasteiger partial charge is 0.363 e. The van der Waals surface area contributed by atoms with Crippen LogP contribution in [0.5, 0.6) is 0 Å². The summed E-state index contributed by atoms with van der Waals surface area (Å²) in [6.07, 6.45) is 3.71. The molecule has 4 rings (SSSR count). The van der Waals surface area contributed by atoms with E-state index in [1.807, 2.05) is 63.4 Å². The predicted molar refractivity (Wildman–Crippen MR) is 123 cm³/mol. The topological polar surface area (TPSA) is 73.1 Å². The quantitative estimate of drug-likeness (QED) is 0.532. The number of hydrogen-bond donors (Lipinski definition) is 3. The summed E-state index contributed by atoms with van der Waals surface area (Å²) in [6, 6.07) is 15.8. The summed E-state index contributed by atoms with van der Waals surface area (Å²) in [6.45, 7) is 5.75. The lowest BCUT2D eigenvalue weighted by Crippen LogP contribution is -2.29. The van der Waals surface area contributed by atoms with Gasteiger partial charge in [0.2, 0.25) is 5.91 Å². The van der Waals surface area contributed by atoms with Crippen molar-refractivity contribution in [2.24, 2.45) is 5.92 Å². The van der Waals surface area contributed by atoms with E-state index in [0.717, 1.165) is 28.3 Å². The maximum atomic E-state index is 12.1. The lowest BCUT2D eigenvalue weighted by atomic mass is 10.0. The smallest absolute Gasteiger partial charge is 0.226 e. The van der Waals surface area contributed by atoms with Gasteiger partial charge in [-0.05, 0) is 67.2 Å². The van der Waals surface area contributed by atoms with E-state index in [2.05, 4.69) is 37.6 Å². The molecule has 2 aromatic heterocycles. The van der Waals surface area contributed by atoms with Crippen molar-refractivity contribution in [2.75, 3.05) is 10.2 Å². The van der Waals surface area contributed by atoms with Crippen LogP contribution in [-0.2, 0) is 4.79 Å². The van der Waals surface area contributed by atoms with Gasteiger partial charge in [-0.1, -0.05) is 19.9 Å². The molecule has 1 aliphatic rings. The van der Waals surface area contributed by atoms with Crippen LogP contribution in [0.25, 0.3) is 0 Å². The standard InChI is InChI=1S/C23H25N5OS/c1-14(2)22(29)26-17-10-9-16(13-15(17)3)28-21(19-8-6-12-25-19)20(27-23(28)30)18-7-4-5-11-24-18/h4-14,20-21,25H,1-3H3,(H,26,29)(H,27,30)/t20-,21+/m1/s1. The number of aromatic amines is 1. The minimum absolute atomic E-state index is 0.00341. The summed E-state index contributed by atoms with van der Waals surface area (Å²) in [4.78, 5) is 22.1. The zero-order valence-electron chi connectivity index (χ0n) is 17.2. The number of carbonyl (C=O) groups excluding carboxylic acids is 1. The van der Waals surface area contributed by atoms with Crippen LogP contribution in [0.2, 0.25) is 0 Å². The molecular weight excluding hydrogens is 394 g/mol. The Morgan fingerprint density at radius 2 is 2.03 bits per heavy atom. The fourth-order valence-corrected chi connectivity index (χ4v) is 4.04. The van der Waals surface area contributed by atoms with Crippen LogP contribution < -0.4 is 15.5 Å². The molecule has 0 radical (unpaired) electrons. The molecule has 2 atom stereocenters. The Kier molecular flexibility index (Phi) is 5.55. The van der Waals surface area contributed by atoms with Crippen molar-refractivity contribution >= 4 is 34.6 Å². The number of hydrogen-bond acceptors (Lipinski definition) is 3. The van der Waals surface area contributed by atoms with Crippen LogP contribution in [0.3, 0.4) is 0 Å². The SMILES string of the molecule is Cc1cc(N2C(=S)N[C@H](c3ccccn3)[C@@H]2c2ccc[nH]2)ccc1NC(=O)C(C)C. The van der Waals surface area contributed by atoms with Crippen molar-refractivity contribution in [1.82, 2.24) is 15.3 Å². The molecule has 3 N–H and O–H groups in total. The first-order valence-electron chi connectivity index (χ1n) is 10.0. The average Bonchev–Trinajstić information content (AvgIpc) is 3.37. The Labute approximate surface area is 181 Å². The summed E-state index contributed by atoms with van der Waals surface area (Å²) in [5.41, 5.74) is 4.74. The Hall–Kier alpha value is -3.19. The van der Waals surface area contributed by atoms with Gasteiger partial charge in [0, 0.05) is 35.4 Å². The minimum Gasteiger partial charge on any atom is -0.363 e. The highest BCUT2D eigenvalue weighted by atomic mass is 32.1. The second-order valence-corrected chi connectivity index (χ2v) is 8.15. The lowest BCUT2D eigenvalue weighted by molar-refractivity contribution is -0.118. The first kappa shape index (κ1) is 20.1. The van der Waals surface area contributed by atoms with Crippen LogP contribution >= 0.6 is 12.2 Å². The molecule has 154 valence electrons. The number of carbonyl (C=O) groups is 1. The van der Waals surface area contributed by atoms with Gasteiger partial charge in [-0.2, -0.15) is 0 Å². The van der Waals surface area contributed by atoms with Crippen molar-refractivity contribution < 1.29 is 4.79 Å². The van der Waals surface area contributed by atoms with E-state index in [9.17, 15) is 4.79 Å². The van der Waals surface area contributed by atoms with E-state index in [1.54, 1.807) is 6.20 Å². The fourth-order valence-electron chi connectivity index (χ4n) is 3.69. The molecule has 3 heterocycles. The molecule has 0 aliphatic carbocycles. The number of nitrogens with one attached hydrogen (secondary N) is 3. The van der Waals surface area contributed by atoms with Gasteiger partial charge in [0.05, 0.1) is 11.7 Å². The molecule has 1 saturated heterocycles. The number of nitrogens with zero attached hydrogens (tertiary/aromatic N) is 2. The highest BCUT2D eigenvalue weighted by molar-refractivity contribution is 7.80. The number of aryl methyl sites for hydroxylation is 1. The van der Waals surface area contributed by atoms with Gasteiger partial charge in [-0.3, -0.25) is 9.78 Å². The summed E-state index contributed by atoms with van der Waals surface area (Å²) >= 11 is 5.73. The predicted octanol–water partition coefficient (Wildman–Crippen LogP) is 4.49. The Morgan fingerprint density at radius 1 is 1.20 bits per heavy atom. The lowest BCUT2D eigenvalue weighted by Gasteiger charge is -2.27. The van der Waals surface area contributed by atoms with Gasteiger partial charge >= 0.3 is 0 Å². The van der Waals surface area contributed by atoms with Crippen LogP contribution in [0.4, 0.5) is 11.4 Å². The zero-order chi connectivity index (χ0) is 21.3. The minimum atomic E-state index is -0.0852. The molecule has 0 spiro atoms. The van der Waals surface area contributed by atoms with Crippen LogP contribution in [0.15, 0.2) is 60.9 Å². The van der Waals surface area contributed by atoms with E-state index in [1.165, 1.54) is 0 Å². The third-order valence-corrected chi connectivity index (χ3v) is 5.62. The van der Waals surface area contributed by atoms with Crippen molar-refractivity contribution in [3.63, 3.8) is 0 Å². The molecule has 30 heavy (non-hydrogen) atoms. The molecule has 0 bridgehead atoms. The van der Waals surface area contributed by atoms with E-state index >= 15 is 0 Å². The number of aromatic nitrogens is 2. The van der Waals surface area contributed by atoms with Gasteiger partial charge in [0.15, 0.2) is 5.11 Å². The highest BCUT2D eigenvalue weighted by Gasteiger charge is 2.41. The summed E-state index contributed by atoms with van der Waals surface area (Å²) in [5.74, 6) is -0.0699. The second-order valence-electron chi connectivity index (χ2n) is 7.77. The maximum absolute atomic E-state index is 12.1. The van der Waals surface area contributed by atoms with Gasteiger partial charge < -0.3 is 20.5 Å². The maximum Gasteiger partial charge on any atom is 0.226 e. The van der Waals surface area contributed by atoms with Gasteiger partial charge in [-0.15, -0.1) is 0 Å². The third-order valence-electron chi connectivity index (χ3n) is 5.31. The third kappa shape index (κ3) is 3.80. The molecule has 0 unspecified atom stereocenters. The molecule has 0 saturated carbocycles. The zero-order valence-corrected chi connectivity index (χ0v) is 18.0. The number of thiocarbonyl (C=S) groups is 1. The fraction of sp³-hybridized carbons (Fsp3) is 0.261. The monoisotopic (exact) mass is 419 g/mol. The average molecular weight is 420 g/mol. The number of anilines is 2. The van der Waals surface area contributed by atoms with Gasteiger partial charge in [0.25, 0.3) is 0 Å². The van der Waals surface area contributed by atoms with E-state index in [0.29, 0.717) is 5.11 Å². The molecule has 7 heteroatoms. The molecule has 6 nitrogen and oxygen atoms in total. The summed E-state index contributed by atoms with van der Waals surface area (Å²) < 4.78 is 0. The van der Waals surface area contributed by atoms with Crippen molar-refractivity contribution in [2.45, 2.75) is 32.9 Å². The number of pyridine rings is 1. The van der Waals surface area contributed by atoms with Crippen molar-refractivity contribution in [3.05, 3.63) is 77.9 Å². The molecule has 1 amide bonds. The van der Waals surface area contributed by atoms with Crippen molar-refractivity contribution in [3.8, 4) is 0 Å². The Bertz CT molecular complexity index is 1050.